The molecule has 1 N–H and O–H groups in total. The quantitative estimate of drug-likeness (QED) is 0.416. The van der Waals surface area contributed by atoms with Gasteiger partial charge in [-0.2, -0.15) is 0 Å². The Morgan fingerprint density at radius 2 is 1.79 bits per heavy atom. The van der Waals surface area contributed by atoms with Crippen molar-refractivity contribution in [3.05, 3.63) is 82.1 Å². The average Bonchev–Trinajstić information content (AvgIpc) is 3.30. The van der Waals surface area contributed by atoms with Crippen LogP contribution in [0.5, 0.6) is 0 Å². The Balaban J connectivity index is 1.93. The molecule has 140 valence electrons. The standard InChI is InChI=1S/C20H14FN3O3S/c1-11-2-4-13(5-3-11)17(25)15-16(12-6-8-14(21)9-7-12)24(19(27)18(15)26)20-23-22-10-28-20/h2-10,16,25H,1H3/b17-15+. The normalized spacial score (nSPS) is 18.6. The first-order valence-corrected chi connectivity index (χ1v) is 9.25. The number of hydrogen-bond donors (Lipinski definition) is 1. The Kier molecular flexibility index (Phi) is 4.48. The number of benzene rings is 2. The molecule has 3 aromatic rings. The van der Waals surface area contributed by atoms with E-state index in [1.807, 2.05) is 6.92 Å². The van der Waals surface area contributed by atoms with E-state index < -0.39 is 23.5 Å². The monoisotopic (exact) mass is 395 g/mol. The van der Waals surface area contributed by atoms with E-state index in [4.69, 9.17) is 0 Å². The van der Waals surface area contributed by atoms with Crippen LogP contribution in [-0.4, -0.2) is 27.0 Å². The molecule has 1 saturated heterocycles. The van der Waals surface area contributed by atoms with Crippen molar-refractivity contribution in [3.63, 3.8) is 0 Å². The van der Waals surface area contributed by atoms with Crippen molar-refractivity contribution in [2.75, 3.05) is 4.90 Å². The van der Waals surface area contributed by atoms with Crippen LogP contribution in [0.2, 0.25) is 0 Å². The minimum Gasteiger partial charge on any atom is -0.507 e. The van der Waals surface area contributed by atoms with Crippen molar-refractivity contribution >= 4 is 33.9 Å². The van der Waals surface area contributed by atoms with Gasteiger partial charge in [-0.1, -0.05) is 53.3 Å². The molecule has 1 amide bonds. The highest BCUT2D eigenvalue weighted by Gasteiger charge is 2.48. The second-order valence-corrected chi connectivity index (χ2v) is 7.12. The molecule has 8 heteroatoms. The van der Waals surface area contributed by atoms with Gasteiger partial charge in [-0.05, 0) is 24.6 Å². The van der Waals surface area contributed by atoms with Gasteiger partial charge in [0, 0.05) is 5.56 Å². The summed E-state index contributed by atoms with van der Waals surface area (Å²) in [4.78, 5) is 26.8. The second-order valence-electron chi connectivity index (χ2n) is 6.31. The van der Waals surface area contributed by atoms with Gasteiger partial charge < -0.3 is 5.11 Å². The van der Waals surface area contributed by atoms with Crippen molar-refractivity contribution in [1.29, 1.82) is 0 Å². The Morgan fingerprint density at radius 1 is 1.11 bits per heavy atom. The smallest absolute Gasteiger partial charge is 0.301 e. The summed E-state index contributed by atoms with van der Waals surface area (Å²) in [5.41, 5.74) is 3.24. The maximum Gasteiger partial charge on any atom is 0.301 e. The molecule has 1 fully saturated rings. The molecule has 1 aliphatic rings. The molecular formula is C20H14FN3O3S. The fourth-order valence-corrected chi connectivity index (χ4v) is 3.71. The first-order valence-electron chi connectivity index (χ1n) is 8.37. The second kappa shape index (κ2) is 6.97. The molecule has 1 aliphatic heterocycles. The number of halogens is 1. The summed E-state index contributed by atoms with van der Waals surface area (Å²) < 4.78 is 13.4. The van der Waals surface area contributed by atoms with Gasteiger partial charge >= 0.3 is 5.91 Å². The summed E-state index contributed by atoms with van der Waals surface area (Å²) >= 11 is 1.09. The van der Waals surface area contributed by atoms with Gasteiger partial charge in [0.2, 0.25) is 5.13 Å². The number of hydrogen-bond acceptors (Lipinski definition) is 6. The number of aliphatic hydroxyl groups is 1. The summed E-state index contributed by atoms with van der Waals surface area (Å²) in [6.07, 6.45) is 0. The molecular weight excluding hydrogens is 381 g/mol. The van der Waals surface area contributed by atoms with Crippen LogP contribution in [0.1, 0.15) is 22.7 Å². The molecule has 0 bridgehead atoms. The van der Waals surface area contributed by atoms with E-state index in [1.54, 1.807) is 24.3 Å². The van der Waals surface area contributed by atoms with Gasteiger partial charge in [0.15, 0.2) is 0 Å². The SMILES string of the molecule is Cc1ccc(/C(O)=C2\C(=O)C(=O)N(c3nncs3)C2c2ccc(F)cc2)cc1. The fraction of sp³-hybridized carbons (Fsp3) is 0.100. The van der Waals surface area contributed by atoms with Crippen molar-refractivity contribution in [3.8, 4) is 0 Å². The third-order valence-corrected chi connectivity index (χ3v) is 5.20. The van der Waals surface area contributed by atoms with Crippen LogP contribution in [0.4, 0.5) is 9.52 Å². The van der Waals surface area contributed by atoms with E-state index in [1.165, 1.54) is 34.7 Å². The molecule has 4 rings (SSSR count). The van der Waals surface area contributed by atoms with E-state index in [9.17, 15) is 19.1 Å². The molecule has 0 spiro atoms. The van der Waals surface area contributed by atoms with E-state index in [0.29, 0.717) is 11.1 Å². The lowest BCUT2D eigenvalue weighted by Gasteiger charge is -2.22. The highest BCUT2D eigenvalue weighted by atomic mass is 32.1. The summed E-state index contributed by atoms with van der Waals surface area (Å²) in [6.45, 7) is 1.90. The van der Waals surface area contributed by atoms with E-state index in [0.717, 1.165) is 16.9 Å². The average molecular weight is 395 g/mol. The largest absolute Gasteiger partial charge is 0.507 e. The molecule has 1 unspecified atom stereocenters. The third-order valence-electron chi connectivity index (χ3n) is 4.51. The molecule has 2 aromatic carbocycles. The molecule has 1 atom stereocenters. The minimum atomic E-state index is -0.935. The maximum atomic E-state index is 13.4. The Morgan fingerprint density at radius 3 is 2.39 bits per heavy atom. The maximum absolute atomic E-state index is 13.4. The van der Waals surface area contributed by atoms with Crippen LogP contribution in [-0.2, 0) is 9.59 Å². The Hall–Kier alpha value is -3.39. The number of anilines is 1. The van der Waals surface area contributed by atoms with Gasteiger partial charge in [0.25, 0.3) is 5.78 Å². The molecule has 0 radical (unpaired) electrons. The third kappa shape index (κ3) is 2.97. The molecule has 0 aliphatic carbocycles. The van der Waals surface area contributed by atoms with Crippen molar-refractivity contribution in [2.24, 2.45) is 0 Å². The van der Waals surface area contributed by atoms with Gasteiger partial charge in [0.05, 0.1) is 11.6 Å². The molecule has 0 saturated carbocycles. The summed E-state index contributed by atoms with van der Waals surface area (Å²) in [6, 6.07) is 11.4. The van der Waals surface area contributed by atoms with Gasteiger partial charge in [-0.25, -0.2) is 4.39 Å². The van der Waals surface area contributed by atoms with Crippen molar-refractivity contribution < 1.29 is 19.1 Å². The van der Waals surface area contributed by atoms with Crippen LogP contribution < -0.4 is 4.90 Å². The number of aliphatic hydroxyl groups excluding tert-OH is 1. The number of aryl methyl sites for hydroxylation is 1. The van der Waals surface area contributed by atoms with Gasteiger partial charge in [-0.15, -0.1) is 10.2 Å². The first-order chi connectivity index (χ1) is 13.5. The molecule has 1 aromatic heterocycles. The number of amides is 1. The minimum absolute atomic E-state index is 0.0735. The van der Waals surface area contributed by atoms with Crippen LogP contribution >= 0.6 is 11.3 Å². The van der Waals surface area contributed by atoms with Gasteiger partial charge in [0.1, 0.15) is 17.1 Å². The van der Waals surface area contributed by atoms with Crippen molar-refractivity contribution in [2.45, 2.75) is 13.0 Å². The van der Waals surface area contributed by atoms with E-state index in [2.05, 4.69) is 10.2 Å². The number of nitrogens with zero attached hydrogens (tertiary/aromatic N) is 3. The number of ketones is 1. The van der Waals surface area contributed by atoms with E-state index >= 15 is 0 Å². The summed E-state index contributed by atoms with van der Waals surface area (Å²) in [7, 11) is 0. The summed E-state index contributed by atoms with van der Waals surface area (Å²) in [5.74, 6) is -2.39. The fourth-order valence-electron chi connectivity index (χ4n) is 3.13. The Labute approximate surface area is 163 Å². The predicted molar refractivity (Wildman–Crippen MR) is 102 cm³/mol. The van der Waals surface area contributed by atoms with Crippen molar-refractivity contribution in [1.82, 2.24) is 10.2 Å². The number of rotatable bonds is 3. The lowest BCUT2D eigenvalue weighted by atomic mass is 9.95. The van der Waals surface area contributed by atoms with Crippen LogP contribution in [0.15, 0.2) is 59.6 Å². The van der Waals surface area contributed by atoms with E-state index in [-0.39, 0.29) is 16.5 Å². The topological polar surface area (TPSA) is 83.4 Å². The highest BCUT2D eigenvalue weighted by Crippen LogP contribution is 2.42. The molecule has 28 heavy (non-hydrogen) atoms. The van der Waals surface area contributed by atoms with Crippen LogP contribution in [0.25, 0.3) is 5.76 Å². The zero-order valence-electron chi connectivity index (χ0n) is 14.7. The van der Waals surface area contributed by atoms with Crippen LogP contribution in [0.3, 0.4) is 0 Å². The molecule has 6 nitrogen and oxygen atoms in total. The highest BCUT2D eigenvalue weighted by molar-refractivity contribution is 7.13. The number of aromatic nitrogens is 2. The van der Waals surface area contributed by atoms with Crippen LogP contribution in [0, 0.1) is 12.7 Å². The predicted octanol–water partition coefficient (Wildman–Crippen LogP) is 3.61. The first kappa shape index (κ1) is 18.0. The lowest BCUT2D eigenvalue weighted by Crippen LogP contribution is -2.29. The Bertz CT molecular complexity index is 1080. The van der Waals surface area contributed by atoms with Gasteiger partial charge in [-0.3, -0.25) is 14.5 Å². The number of carbonyl (C=O) groups excluding carboxylic acids is 2. The summed E-state index contributed by atoms with van der Waals surface area (Å²) in [5, 5.41) is 18.7. The number of carbonyl (C=O) groups is 2. The number of Topliss-reactive ketones (excluding diaryl/α,β-unsaturated/α-hetero) is 1. The molecule has 2 heterocycles. The lowest BCUT2D eigenvalue weighted by molar-refractivity contribution is -0.132. The zero-order chi connectivity index (χ0) is 19.8. The zero-order valence-corrected chi connectivity index (χ0v) is 15.5.